The number of likely N-dealkylation sites (N-methyl/N-ethyl adjacent to an activating group) is 1. The van der Waals surface area contributed by atoms with E-state index >= 15 is 0 Å². The van der Waals surface area contributed by atoms with Gasteiger partial charge in [-0.05, 0) is 49.9 Å². The van der Waals surface area contributed by atoms with Gasteiger partial charge in [-0.2, -0.15) is 0 Å². The van der Waals surface area contributed by atoms with Gasteiger partial charge in [0, 0.05) is 49.9 Å². The molecule has 6 nitrogen and oxygen atoms in total. The Morgan fingerprint density at radius 2 is 1.85 bits per heavy atom. The van der Waals surface area contributed by atoms with Crippen LogP contribution in [-0.4, -0.2) is 53.4 Å². The summed E-state index contributed by atoms with van der Waals surface area (Å²) in [5, 5.41) is 2.97. The van der Waals surface area contributed by atoms with Gasteiger partial charge in [0.05, 0.1) is 12.1 Å². The molecule has 140 valence electrons. The van der Waals surface area contributed by atoms with Crippen molar-refractivity contribution in [1.29, 1.82) is 0 Å². The number of hydrogen-bond acceptors (Lipinski definition) is 4. The number of fused-ring (bicyclic) bond motifs is 1. The van der Waals surface area contributed by atoms with Crippen LogP contribution in [0.1, 0.15) is 11.3 Å². The molecule has 1 fully saturated rings. The van der Waals surface area contributed by atoms with E-state index in [-0.39, 0.29) is 12.3 Å². The Morgan fingerprint density at radius 3 is 2.56 bits per heavy atom. The first-order chi connectivity index (χ1) is 13.1. The molecule has 3 heterocycles. The summed E-state index contributed by atoms with van der Waals surface area (Å²) in [5.74, 6) is -0.0524. The average molecular weight is 363 g/mol. The Bertz CT molecular complexity index is 939. The van der Waals surface area contributed by atoms with Crippen LogP contribution < -0.4 is 10.2 Å². The predicted octanol–water partition coefficient (Wildman–Crippen LogP) is 2.58. The number of nitrogens with zero attached hydrogens (tertiary/aromatic N) is 4. The maximum absolute atomic E-state index is 12.4. The van der Waals surface area contributed by atoms with Gasteiger partial charge in [0.15, 0.2) is 0 Å². The van der Waals surface area contributed by atoms with Gasteiger partial charge >= 0.3 is 0 Å². The van der Waals surface area contributed by atoms with Crippen molar-refractivity contribution in [2.24, 2.45) is 0 Å². The summed E-state index contributed by atoms with van der Waals surface area (Å²) < 4.78 is 1.96. The zero-order valence-electron chi connectivity index (χ0n) is 15.9. The average Bonchev–Trinajstić information content (AvgIpc) is 3.07. The maximum Gasteiger partial charge on any atom is 0.230 e. The van der Waals surface area contributed by atoms with Gasteiger partial charge in [-0.15, -0.1) is 0 Å². The third-order valence-corrected chi connectivity index (χ3v) is 5.09. The standard InChI is InChI=1S/C21H25N5O/c1-16-4-3-9-26-15-18(23-21(16)26)14-20(27)22-17-5-7-19(8-6-17)25-12-10-24(2)11-13-25/h3-9,15H,10-14H2,1-2H3,(H,22,27). The number of amides is 1. The second kappa shape index (κ2) is 7.40. The lowest BCUT2D eigenvalue weighted by Gasteiger charge is -2.34. The molecule has 0 aliphatic carbocycles. The highest BCUT2D eigenvalue weighted by Gasteiger charge is 2.14. The number of anilines is 2. The molecular formula is C21H25N5O. The minimum atomic E-state index is -0.0524. The number of carbonyl (C=O) groups is 1. The Kier molecular flexibility index (Phi) is 4.81. The molecule has 1 N–H and O–H groups in total. The molecule has 6 heteroatoms. The first-order valence-electron chi connectivity index (χ1n) is 9.35. The fourth-order valence-electron chi connectivity index (χ4n) is 3.48. The van der Waals surface area contributed by atoms with Crippen molar-refractivity contribution < 1.29 is 4.79 Å². The largest absolute Gasteiger partial charge is 0.369 e. The number of hydrogen-bond donors (Lipinski definition) is 1. The van der Waals surface area contributed by atoms with Crippen LogP contribution in [0.25, 0.3) is 5.65 Å². The van der Waals surface area contributed by atoms with Crippen molar-refractivity contribution in [3.05, 3.63) is 60.0 Å². The molecule has 0 saturated carbocycles. The van der Waals surface area contributed by atoms with Gasteiger partial charge < -0.3 is 19.5 Å². The molecule has 0 spiro atoms. The molecule has 1 aromatic carbocycles. The first kappa shape index (κ1) is 17.5. The van der Waals surface area contributed by atoms with Crippen LogP contribution >= 0.6 is 0 Å². The van der Waals surface area contributed by atoms with Crippen molar-refractivity contribution in [3.63, 3.8) is 0 Å². The zero-order valence-corrected chi connectivity index (χ0v) is 15.9. The highest BCUT2D eigenvalue weighted by molar-refractivity contribution is 5.92. The number of pyridine rings is 1. The minimum Gasteiger partial charge on any atom is -0.369 e. The molecule has 0 atom stereocenters. The van der Waals surface area contributed by atoms with Crippen LogP contribution in [-0.2, 0) is 11.2 Å². The maximum atomic E-state index is 12.4. The number of carbonyl (C=O) groups excluding carboxylic acids is 1. The number of rotatable bonds is 4. The van der Waals surface area contributed by atoms with E-state index in [1.54, 1.807) is 0 Å². The zero-order chi connectivity index (χ0) is 18.8. The molecule has 1 aliphatic rings. The van der Waals surface area contributed by atoms with E-state index in [1.165, 1.54) is 5.69 Å². The summed E-state index contributed by atoms with van der Waals surface area (Å²) >= 11 is 0. The quantitative estimate of drug-likeness (QED) is 0.774. The lowest BCUT2D eigenvalue weighted by atomic mass is 10.2. The minimum absolute atomic E-state index is 0.0524. The van der Waals surface area contributed by atoms with E-state index in [4.69, 9.17) is 0 Å². The highest BCUT2D eigenvalue weighted by Crippen LogP contribution is 2.19. The van der Waals surface area contributed by atoms with Crippen LogP contribution in [0, 0.1) is 6.92 Å². The summed E-state index contributed by atoms with van der Waals surface area (Å²) in [5.41, 5.74) is 4.80. The number of benzene rings is 1. The molecule has 0 radical (unpaired) electrons. The monoisotopic (exact) mass is 363 g/mol. The van der Waals surface area contributed by atoms with E-state index < -0.39 is 0 Å². The number of imidazole rings is 1. The van der Waals surface area contributed by atoms with Crippen molar-refractivity contribution >= 4 is 22.9 Å². The van der Waals surface area contributed by atoms with Gasteiger partial charge in [0.25, 0.3) is 0 Å². The summed E-state index contributed by atoms with van der Waals surface area (Å²) in [6.45, 7) is 6.26. The highest BCUT2D eigenvalue weighted by atomic mass is 16.1. The molecular weight excluding hydrogens is 338 g/mol. The second-order valence-corrected chi connectivity index (χ2v) is 7.22. The molecule has 27 heavy (non-hydrogen) atoms. The van der Waals surface area contributed by atoms with Crippen LogP contribution in [0.4, 0.5) is 11.4 Å². The number of nitrogens with one attached hydrogen (secondary N) is 1. The molecule has 1 amide bonds. The fourth-order valence-corrected chi connectivity index (χ4v) is 3.48. The van der Waals surface area contributed by atoms with Crippen molar-refractivity contribution in [1.82, 2.24) is 14.3 Å². The molecule has 2 aromatic heterocycles. The topological polar surface area (TPSA) is 52.9 Å². The van der Waals surface area contributed by atoms with Gasteiger partial charge in [-0.3, -0.25) is 4.79 Å². The number of piperazine rings is 1. The Labute approximate surface area is 159 Å². The normalized spacial score (nSPS) is 15.3. The van der Waals surface area contributed by atoms with Gasteiger partial charge in [-0.1, -0.05) is 6.07 Å². The third kappa shape index (κ3) is 3.95. The van der Waals surface area contributed by atoms with E-state index in [9.17, 15) is 4.79 Å². The molecule has 4 rings (SSSR count). The van der Waals surface area contributed by atoms with Crippen LogP contribution in [0.5, 0.6) is 0 Å². The van der Waals surface area contributed by atoms with E-state index in [2.05, 4.69) is 39.3 Å². The van der Waals surface area contributed by atoms with Crippen molar-refractivity contribution in [2.45, 2.75) is 13.3 Å². The van der Waals surface area contributed by atoms with E-state index in [1.807, 2.05) is 48.0 Å². The lowest BCUT2D eigenvalue weighted by molar-refractivity contribution is -0.115. The van der Waals surface area contributed by atoms with Crippen LogP contribution in [0.3, 0.4) is 0 Å². The summed E-state index contributed by atoms with van der Waals surface area (Å²) in [4.78, 5) is 21.7. The third-order valence-electron chi connectivity index (χ3n) is 5.09. The van der Waals surface area contributed by atoms with Crippen LogP contribution in [0.2, 0.25) is 0 Å². The molecule has 0 bridgehead atoms. The van der Waals surface area contributed by atoms with Gasteiger partial charge in [-0.25, -0.2) is 4.98 Å². The Balaban J connectivity index is 1.38. The van der Waals surface area contributed by atoms with E-state index in [0.717, 1.165) is 48.8 Å². The molecule has 0 unspecified atom stereocenters. The first-order valence-corrected chi connectivity index (χ1v) is 9.35. The van der Waals surface area contributed by atoms with Crippen LogP contribution in [0.15, 0.2) is 48.8 Å². The number of aromatic nitrogens is 2. The second-order valence-electron chi connectivity index (χ2n) is 7.22. The predicted molar refractivity (Wildman–Crippen MR) is 108 cm³/mol. The van der Waals surface area contributed by atoms with Crippen molar-refractivity contribution in [2.75, 3.05) is 43.4 Å². The van der Waals surface area contributed by atoms with E-state index in [0.29, 0.717) is 0 Å². The lowest BCUT2D eigenvalue weighted by Crippen LogP contribution is -2.44. The molecule has 1 aliphatic heterocycles. The Hall–Kier alpha value is -2.86. The molecule has 1 saturated heterocycles. The van der Waals surface area contributed by atoms with Crippen molar-refractivity contribution in [3.8, 4) is 0 Å². The number of aryl methyl sites for hydroxylation is 1. The van der Waals surface area contributed by atoms with Gasteiger partial charge in [0.2, 0.25) is 5.91 Å². The molecule has 3 aromatic rings. The smallest absolute Gasteiger partial charge is 0.230 e. The summed E-state index contributed by atoms with van der Waals surface area (Å²) in [6, 6.07) is 12.1. The fraction of sp³-hybridized carbons (Fsp3) is 0.333. The SMILES string of the molecule is Cc1cccn2cc(CC(=O)Nc3ccc(N4CCN(C)CC4)cc3)nc12. The summed E-state index contributed by atoms with van der Waals surface area (Å²) in [6.07, 6.45) is 4.13. The van der Waals surface area contributed by atoms with Gasteiger partial charge in [0.1, 0.15) is 5.65 Å². The summed E-state index contributed by atoms with van der Waals surface area (Å²) in [7, 11) is 2.15. The Morgan fingerprint density at radius 1 is 1.11 bits per heavy atom.